The molecule has 0 radical (unpaired) electrons. The fourth-order valence-electron chi connectivity index (χ4n) is 3.64. The minimum Gasteiger partial charge on any atom is -0.255 e. The van der Waals surface area contributed by atoms with Crippen molar-refractivity contribution in [3.05, 3.63) is 108 Å². The van der Waals surface area contributed by atoms with Crippen LogP contribution in [0.25, 0.3) is 28.0 Å². The van der Waals surface area contributed by atoms with Crippen molar-refractivity contribution in [3.8, 4) is 17.1 Å². The average molecular weight is 394 g/mol. The highest BCUT2D eigenvalue weighted by molar-refractivity contribution is 5.94. The summed E-state index contributed by atoms with van der Waals surface area (Å²) < 4.78 is 15.3. The molecule has 0 unspecified atom stereocenters. The lowest BCUT2D eigenvalue weighted by Crippen LogP contribution is -2.01. The summed E-state index contributed by atoms with van der Waals surface area (Å²) >= 11 is 0. The number of hydrogen-bond acceptors (Lipinski definition) is 3. The van der Waals surface area contributed by atoms with E-state index < -0.39 is 0 Å². The number of hydrogen-bond donors (Lipinski definition) is 0. The molecule has 5 aromatic rings. The van der Waals surface area contributed by atoms with Gasteiger partial charge in [0.2, 0.25) is 0 Å². The Hall–Kier alpha value is -3.86. The van der Waals surface area contributed by atoms with Crippen LogP contribution in [0.2, 0.25) is 0 Å². The van der Waals surface area contributed by atoms with Crippen LogP contribution in [-0.4, -0.2) is 19.7 Å². The molecule has 0 aliphatic carbocycles. The molecule has 146 valence electrons. The van der Waals surface area contributed by atoms with E-state index in [2.05, 4.69) is 36.2 Å². The standard InChI is InChI=1S/C25H19FN4/c1-17-9-14-22(24-21(17)8-5-15-27-24)25-28-23(16-18-6-3-2-4-7-18)29-30(25)20-12-10-19(26)11-13-20/h2-15H,16H2,1H3. The van der Waals surface area contributed by atoms with Gasteiger partial charge in [-0.1, -0.05) is 42.5 Å². The topological polar surface area (TPSA) is 43.6 Å². The van der Waals surface area contributed by atoms with Crippen molar-refractivity contribution >= 4 is 10.9 Å². The number of aromatic nitrogens is 4. The predicted octanol–water partition coefficient (Wildman–Crippen LogP) is 5.52. The van der Waals surface area contributed by atoms with Gasteiger partial charge in [0.15, 0.2) is 11.6 Å². The summed E-state index contributed by atoms with van der Waals surface area (Å²) in [7, 11) is 0. The van der Waals surface area contributed by atoms with Crippen molar-refractivity contribution in [2.45, 2.75) is 13.3 Å². The van der Waals surface area contributed by atoms with Crippen LogP contribution in [-0.2, 0) is 6.42 Å². The second-order valence-corrected chi connectivity index (χ2v) is 7.23. The van der Waals surface area contributed by atoms with Crippen LogP contribution in [0.5, 0.6) is 0 Å². The molecule has 0 atom stereocenters. The Balaban J connectivity index is 1.70. The lowest BCUT2D eigenvalue weighted by Gasteiger charge is -2.09. The first-order chi connectivity index (χ1) is 14.7. The summed E-state index contributed by atoms with van der Waals surface area (Å²) in [5.74, 6) is 1.11. The summed E-state index contributed by atoms with van der Waals surface area (Å²) in [6.07, 6.45) is 2.40. The molecule has 30 heavy (non-hydrogen) atoms. The Bertz CT molecular complexity index is 1320. The second kappa shape index (κ2) is 7.52. The summed E-state index contributed by atoms with van der Waals surface area (Å²) in [6.45, 7) is 2.07. The molecule has 0 aliphatic rings. The Labute approximate surface area is 173 Å². The molecule has 0 fully saturated rings. The van der Waals surface area contributed by atoms with Gasteiger partial charge in [0.25, 0.3) is 0 Å². The minimum absolute atomic E-state index is 0.285. The monoisotopic (exact) mass is 394 g/mol. The SMILES string of the molecule is Cc1ccc(-c2nc(Cc3ccccc3)nn2-c2ccc(F)cc2)c2ncccc12. The van der Waals surface area contributed by atoms with Crippen LogP contribution in [0.4, 0.5) is 4.39 Å². The largest absolute Gasteiger partial charge is 0.255 e. The number of nitrogens with zero attached hydrogens (tertiary/aromatic N) is 4. The zero-order valence-electron chi connectivity index (χ0n) is 16.5. The smallest absolute Gasteiger partial charge is 0.165 e. The highest BCUT2D eigenvalue weighted by atomic mass is 19.1. The maximum atomic E-state index is 13.5. The van der Waals surface area contributed by atoms with Gasteiger partial charge in [0, 0.05) is 23.6 Å². The second-order valence-electron chi connectivity index (χ2n) is 7.23. The van der Waals surface area contributed by atoms with Gasteiger partial charge in [0.1, 0.15) is 5.82 Å². The van der Waals surface area contributed by atoms with Crippen molar-refractivity contribution < 1.29 is 4.39 Å². The highest BCUT2D eigenvalue weighted by Gasteiger charge is 2.17. The predicted molar refractivity (Wildman–Crippen MR) is 116 cm³/mol. The molecule has 5 heteroatoms. The molecule has 4 nitrogen and oxygen atoms in total. The molecule has 5 rings (SSSR count). The number of pyridine rings is 1. The molecule has 0 spiro atoms. The van der Waals surface area contributed by atoms with E-state index >= 15 is 0 Å². The first-order valence-corrected chi connectivity index (χ1v) is 9.79. The van der Waals surface area contributed by atoms with Gasteiger partial charge in [-0.25, -0.2) is 14.1 Å². The summed E-state index contributed by atoms with van der Waals surface area (Å²) in [6, 6.07) is 24.5. The van der Waals surface area contributed by atoms with Gasteiger partial charge < -0.3 is 0 Å². The van der Waals surface area contributed by atoms with E-state index in [1.165, 1.54) is 12.1 Å². The summed E-state index contributed by atoms with van der Waals surface area (Å²) in [5.41, 5.74) is 4.81. The zero-order chi connectivity index (χ0) is 20.5. The summed E-state index contributed by atoms with van der Waals surface area (Å²) in [4.78, 5) is 9.49. The van der Waals surface area contributed by atoms with E-state index in [1.54, 1.807) is 23.0 Å². The zero-order valence-corrected chi connectivity index (χ0v) is 16.5. The van der Waals surface area contributed by atoms with Crippen LogP contribution >= 0.6 is 0 Å². The maximum absolute atomic E-state index is 13.5. The molecule has 0 saturated heterocycles. The van der Waals surface area contributed by atoms with Crippen LogP contribution in [0.3, 0.4) is 0 Å². The summed E-state index contributed by atoms with van der Waals surface area (Å²) in [5, 5.41) is 5.84. The lowest BCUT2D eigenvalue weighted by atomic mass is 10.0. The molecule has 3 aromatic carbocycles. The molecule has 0 amide bonds. The number of rotatable bonds is 4. The molecule has 2 aromatic heterocycles. The molecule has 0 N–H and O–H groups in total. The van der Waals surface area contributed by atoms with Crippen molar-refractivity contribution in [1.82, 2.24) is 19.7 Å². The Morgan fingerprint density at radius 3 is 2.47 bits per heavy atom. The molecule has 0 bridgehead atoms. The van der Waals surface area contributed by atoms with Gasteiger partial charge in [0.05, 0.1) is 11.2 Å². The third-order valence-electron chi connectivity index (χ3n) is 5.16. The van der Waals surface area contributed by atoms with Gasteiger partial charge >= 0.3 is 0 Å². The third kappa shape index (κ3) is 3.35. The van der Waals surface area contributed by atoms with Crippen molar-refractivity contribution in [2.24, 2.45) is 0 Å². The quantitative estimate of drug-likeness (QED) is 0.403. The number of fused-ring (bicyclic) bond motifs is 1. The first kappa shape index (κ1) is 18.2. The Morgan fingerprint density at radius 2 is 1.67 bits per heavy atom. The normalized spacial score (nSPS) is 11.1. The van der Waals surface area contributed by atoms with Crippen LogP contribution in [0.15, 0.2) is 85.1 Å². The van der Waals surface area contributed by atoms with E-state index in [9.17, 15) is 4.39 Å². The maximum Gasteiger partial charge on any atom is 0.165 e. The fraction of sp³-hybridized carbons (Fsp3) is 0.0800. The van der Waals surface area contributed by atoms with E-state index in [-0.39, 0.29) is 5.82 Å². The van der Waals surface area contributed by atoms with E-state index in [0.717, 1.165) is 33.3 Å². The third-order valence-corrected chi connectivity index (χ3v) is 5.16. The van der Waals surface area contributed by atoms with E-state index in [0.29, 0.717) is 18.1 Å². The van der Waals surface area contributed by atoms with Crippen molar-refractivity contribution in [3.63, 3.8) is 0 Å². The highest BCUT2D eigenvalue weighted by Crippen LogP contribution is 2.30. The first-order valence-electron chi connectivity index (χ1n) is 9.79. The van der Waals surface area contributed by atoms with Gasteiger partial charge in [-0.15, -0.1) is 0 Å². The molecule has 0 saturated carbocycles. The van der Waals surface area contributed by atoms with E-state index in [4.69, 9.17) is 10.1 Å². The fourth-order valence-corrected chi connectivity index (χ4v) is 3.64. The molecular weight excluding hydrogens is 375 g/mol. The van der Waals surface area contributed by atoms with Gasteiger partial charge in [-0.2, -0.15) is 5.10 Å². The van der Waals surface area contributed by atoms with Gasteiger partial charge in [-0.05, 0) is 54.4 Å². The van der Waals surface area contributed by atoms with Crippen molar-refractivity contribution in [1.29, 1.82) is 0 Å². The lowest BCUT2D eigenvalue weighted by molar-refractivity contribution is 0.627. The van der Waals surface area contributed by atoms with Gasteiger partial charge in [-0.3, -0.25) is 4.98 Å². The minimum atomic E-state index is -0.285. The Kier molecular flexibility index (Phi) is 4.56. The average Bonchev–Trinajstić information content (AvgIpc) is 3.19. The molecule has 2 heterocycles. The molecular formula is C25H19FN4. The van der Waals surface area contributed by atoms with Crippen molar-refractivity contribution in [2.75, 3.05) is 0 Å². The number of aryl methyl sites for hydroxylation is 1. The Morgan fingerprint density at radius 1 is 0.867 bits per heavy atom. The van der Waals surface area contributed by atoms with Crippen LogP contribution in [0, 0.1) is 12.7 Å². The van der Waals surface area contributed by atoms with Crippen LogP contribution < -0.4 is 0 Å². The number of benzene rings is 3. The number of halogens is 1. The molecule has 0 aliphatic heterocycles. The van der Waals surface area contributed by atoms with E-state index in [1.807, 2.05) is 30.3 Å². The van der Waals surface area contributed by atoms with Crippen LogP contribution in [0.1, 0.15) is 17.0 Å².